The van der Waals surface area contributed by atoms with Crippen LogP contribution in [0.25, 0.3) is 6.08 Å². The summed E-state index contributed by atoms with van der Waals surface area (Å²) in [7, 11) is -3.66. The van der Waals surface area contributed by atoms with Crippen LogP contribution >= 0.6 is 15.9 Å². The van der Waals surface area contributed by atoms with Crippen molar-refractivity contribution in [3.8, 4) is 0 Å². The molecule has 9 heteroatoms. The molecule has 6 nitrogen and oxygen atoms in total. The number of carbonyl (C=O) groups is 1. The SMILES string of the molecule is CCN(CC)S(=O)(=O)c1cccc(C2=N/C(=C\c3ccc(F)c(Br)c3)C(=O)O2)c1. The fourth-order valence-electron chi connectivity index (χ4n) is 2.79. The number of esters is 1. The highest BCUT2D eigenvalue weighted by molar-refractivity contribution is 9.10. The highest BCUT2D eigenvalue weighted by atomic mass is 79.9. The van der Waals surface area contributed by atoms with Gasteiger partial charge in [0.2, 0.25) is 15.9 Å². The van der Waals surface area contributed by atoms with Gasteiger partial charge in [-0.1, -0.05) is 26.0 Å². The van der Waals surface area contributed by atoms with Gasteiger partial charge in [-0.2, -0.15) is 4.31 Å². The molecular weight excluding hydrogens is 463 g/mol. The first kappa shape index (κ1) is 21.4. The highest BCUT2D eigenvalue weighted by Crippen LogP contribution is 2.24. The van der Waals surface area contributed by atoms with Crippen molar-refractivity contribution in [1.82, 2.24) is 4.31 Å². The predicted molar refractivity (Wildman–Crippen MR) is 111 cm³/mol. The Hall–Kier alpha value is -2.36. The molecule has 3 rings (SSSR count). The van der Waals surface area contributed by atoms with Crippen LogP contribution in [0.3, 0.4) is 0 Å². The molecule has 1 heterocycles. The minimum absolute atomic E-state index is 0.0130. The van der Waals surface area contributed by atoms with Crippen LogP contribution in [0, 0.1) is 5.82 Å². The molecule has 0 bridgehead atoms. The molecule has 2 aromatic rings. The first-order valence-electron chi connectivity index (χ1n) is 8.84. The highest BCUT2D eigenvalue weighted by Gasteiger charge is 2.27. The molecule has 0 spiro atoms. The van der Waals surface area contributed by atoms with E-state index in [0.717, 1.165) is 0 Å². The Kier molecular flexibility index (Phi) is 6.30. The van der Waals surface area contributed by atoms with Crippen molar-refractivity contribution in [2.24, 2.45) is 4.99 Å². The normalized spacial score (nSPS) is 15.7. The Balaban J connectivity index is 1.95. The van der Waals surface area contributed by atoms with E-state index in [0.29, 0.717) is 24.2 Å². The van der Waals surface area contributed by atoms with Crippen LogP contribution in [0.15, 0.2) is 62.5 Å². The quantitative estimate of drug-likeness (QED) is 0.463. The van der Waals surface area contributed by atoms with Gasteiger partial charge in [0.1, 0.15) is 5.82 Å². The number of nitrogens with zero attached hydrogens (tertiary/aromatic N) is 2. The molecule has 0 amide bonds. The van der Waals surface area contributed by atoms with Crippen LogP contribution in [-0.4, -0.2) is 37.7 Å². The van der Waals surface area contributed by atoms with Crippen molar-refractivity contribution in [2.75, 3.05) is 13.1 Å². The van der Waals surface area contributed by atoms with Gasteiger partial charge in [-0.15, -0.1) is 0 Å². The van der Waals surface area contributed by atoms with E-state index in [9.17, 15) is 17.6 Å². The Morgan fingerprint density at radius 2 is 1.90 bits per heavy atom. The second kappa shape index (κ2) is 8.56. The summed E-state index contributed by atoms with van der Waals surface area (Å²) in [6.45, 7) is 4.22. The number of hydrogen-bond acceptors (Lipinski definition) is 5. The van der Waals surface area contributed by atoms with Crippen LogP contribution in [-0.2, 0) is 19.6 Å². The third-order valence-corrected chi connectivity index (χ3v) is 6.95. The van der Waals surface area contributed by atoms with E-state index >= 15 is 0 Å². The van der Waals surface area contributed by atoms with Gasteiger partial charge in [0.05, 0.1) is 9.37 Å². The number of hydrogen-bond donors (Lipinski definition) is 0. The molecule has 0 N–H and O–H groups in total. The van der Waals surface area contributed by atoms with Gasteiger partial charge in [0.25, 0.3) is 0 Å². The van der Waals surface area contributed by atoms with E-state index < -0.39 is 21.8 Å². The number of carbonyl (C=O) groups excluding carboxylic acids is 1. The minimum Gasteiger partial charge on any atom is -0.402 e. The average Bonchev–Trinajstić information content (AvgIpc) is 3.06. The zero-order valence-electron chi connectivity index (χ0n) is 15.7. The van der Waals surface area contributed by atoms with Crippen molar-refractivity contribution in [3.63, 3.8) is 0 Å². The van der Waals surface area contributed by atoms with Gasteiger partial charge in [-0.25, -0.2) is 22.6 Å². The summed E-state index contributed by atoms with van der Waals surface area (Å²) in [6, 6.07) is 10.4. The Morgan fingerprint density at radius 3 is 2.55 bits per heavy atom. The molecule has 1 aliphatic heterocycles. The molecule has 2 aromatic carbocycles. The number of cyclic esters (lactones) is 1. The Morgan fingerprint density at radius 1 is 1.17 bits per heavy atom. The Bertz CT molecular complexity index is 1130. The summed E-state index contributed by atoms with van der Waals surface area (Å²) in [5, 5.41) is 0. The lowest BCUT2D eigenvalue weighted by molar-refractivity contribution is -0.129. The molecule has 0 saturated carbocycles. The van der Waals surface area contributed by atoms with Crippen molar-refractivity contribution < 1.29 is 22.3 Å². The predicted octanol–water partition coefficient (Wildman–Crippen LogP) is 3.96. The zero-order chi connectivity index (χ0) is 21.2. The summed E-state index contributed by atoms with van der Waals surface area (Å²) in [4.78, 5) is 16.5. The molecule has 0 aromatic heterocycles. The maximum atomic E-state index is 13.4. The molecule has 0 fully saturated rings. The standard InChI is InChI=1S/C20H18BrFN2O4S/c1-3-24(4-2)29(26,27)15-7-5-6-14(12-15)19-23-18(20(25)28-19)11-13-8-9-17(22)16(21)10-13/h5-12H,3-4H2,1-2H3/b18-11-. The number of benzene rings is 2. The summed E-state index contributed by atoms with van der Waals surface area (Å²) in [5.74, 6) is -1.08. The fraction of sp³-hybridized carbons (Fsp3) is 0.200. The van der Waals surface area contributed by atoms with E-state index in [1.165, 1.54) is 40.7 Å². The van der Waals surface area contributed by atoms with E-state index in [1.54, 1.807) is 26.0 Å². The van der Waals surface area contributed by atoms with Crippen LogP contribution in [0.4, 0.5) is 4.39 Å². The Labute approximate surface area is 176 Å². The third kappa shape index (κ3) is 4.47. The number of ether oxygens (including phenoxy) is 1. The molecule has 0 unspecified atom stereocenters. The number of aliphatic imine (C=N–C) groups is 1. The van der Waals surface area contributed by atoms with Crippen LogP contribution in [0.5, 0.6) is 0 Å². The molecular formula is C20H18BrFN2O4S. The average molecular weight is 481 g/mol. The molecule has 0 atom stereocenters. The second-order valence-corrected chi connectivity index (χ2v) is 8.92. The van der Waals surface area contributed by atoms with Gasteiger partial charge in [-0.3, -0.25) is 0 Å². The topological polar surface area (TPSA) is 76.0 Å². The first-order chi connectivity index (χ1) is 13.8. The maximum Gasteiger partial charge on any atom is 0.363 e. The first-order valence-corrected chi connectivity index (χ1v) is 11.1. The third-order valence-electron chi connectivity index (χ3n) is 4.29. The van der Waals surface area contributed by atoms with E-state index in [1.807, 2.05) is 0 Å². The summed E-state index contributed by atoms with van der Waals surface area (Å²) in [6.07, 6.45) is 1.47. The lowest BCUT2D eigenvalue weighted by Gasteiger charge is -2.18. The maximum absolute atomic E-state index is 13.4. The van der Waals surface area contributed by atoms with Crippen LogP contribution in [0.2, 0.25) is 0 Å². The molecule has 152 valence electrons. The number of halogens is 2. The molecule has 0 saturated heterocycles. The molecule has 0 aliphatic carbocycles. The minimum atomic E-state index is -3.66. The lowest BCUT2D eigenvalue weighted by atomic mass is 10.2. The van der Waals surface area contributed by atoms with Gasteiger partial charge < -0.3 is 4.74 Å². The van der Waals surface area contributed by atoms with Gasteiger partial charge in [0, 0.05) is 18.7 Å². The van der Waals surface area contributed by atoms with Crippen molar-refractivity contribution in [3.05, 3.63) is 69.6 Å². The van der Waals surface area contributed by atoms with Crippen molar-refractivity contribution >= 4 is 43.9 Å². The summed E-state index contributed by atoms with van der Waals surface area (Å²) in [5.41, 5.74) is 0.971. The zero-order valence-corrected chi connectivity index (χ0v) is 18.1. The lowest BCUT2D eigenvalue weighted by Crippen LogP contribution is -2.30. The van der Waals surface area contributed by atoms with E-state index in [2.05, 4.69) is 20.9 Å². The van der Waals surface area contributed by atoms with Gasteiger partial charge in [0.15, 0.2) is 5.70 Å². The largest absolute Gasteiger partial charge is 0.402 e. The number of sulfonamides is 1. The van der Waals surface area contributed by atoms with E-state index in [4.69, 9.17) is 4.74 Å². The van der Waals surface area contributed by atoms with Gasteiger partial charge in [-0.05, 0) is 57.9 Å². The van der Waals surface area contributed by atoms with Crippen LogP contribution in [0.1, 0.15) is 25.0 Å². The molecule has 1 aliphatic rings. The summed E-state index contributed by atoms with van der Waals surface area (Å²) >= 11 is 3.09. The van der Waals surface area contributed by atoms with E-state index in [-0.39, 0.29) is 21.0 Å². The second-order valence-electron chi connectivity index (χ2n) is 6.13. The monoisotopic (exact) mass is 480 g/mol. The molecule has 29 heavy (non-hydrogen) atoms. The van der Waals surface area contributed by atoms with Crippen molar-refractivity contribution in [2.45, 2.75) is 18.7 Å². The number of rotatable bonds is 6. The van der Waals surface area contributed by atoms with Crippen molar-refractivity contribution in [1.29, 1.82) is 0 Å². The smallest absolute Gasteiger partial charge is 0.363 e. The summed E-state index contributed by atoms with van der Waals surface area (Å²) < 4.78 is 45.6. The fourth-order valence-corrected chi connectivity index (χ4v) is 4.70. The molecule has 0 radical (unpaired) electrons. The van der Waals surface area contributed by atoms with Gasteiger partial charge >= 0.3 is 5.97 Å². The van der Waals surface area contributed by atoms with Crippen LogP contribution < -0.4 is 0 Å².